The molecule has 2 rings (SSSR count). The molecule has 106 valence electrons. The minimum atomic E-state index is 0.132. The summed E-state index contributed by atoms with van der Waals surface area (Å²) in [6.45, 7) is 13.3. The first-order chi connectivity index (χ1) is 8.75. The molecule has 19 heavy (non-hydrogen) atoms. The number of hydrogen-bond donors (Lipinski definition) is 2. The number of aromatic hydroxyl groups is 1. The van der Waals surface area contributed by atoms with Gasteiger partial charge in [0.25, 0.3) is 0 Å². The van der Waals surface area contributed by atoms with Crippen LogP contribution in [0.4, 0.5) is 0 Å². The Labute approximate surface area is 116 Å². The minimum Gasteiger partial charge on any atom is -0.507 e. The Morgan fingerprint density at radius 3 is 2.05 bits per heavy atom. The molecule has 0 saturated carbocycles. The summed E-state index contributed by atoms with van der Waals surface area (Å²) in [5, 5.41) is 19.8. The number of phenolic OH excluding ortho intramolecular Hbond substituents is 1. The minimum absolute atomic E-state index is 0.132. The number of phenols is 1. The molecule has 1 aromatic carbocycles. The van der Waals surface area contributed by atoms with Crippen LogP contribution in [-0.2, 0) is 6.42 Å². The van der Waals surface area contributed by atoms with Crippen LogP contribution in [0, 0.1) is 19.3 Å². The molecule has 0 amide bonds. The maximum absolute atomic E-state index is 10.6. The highest BCUT2D eigenvalue weighted by molar-refractivity contribution is 5.60. The number of fused-ring (bicyclic) bond motifs is 1. The van der Waals surface area contributed by atoms with Gasteiger partial charge in [0.05, 0.1) is 0 Å². The Kier molecular flexibility index (Phi) is 3.42. The molecule has 2 nitrogen and oxygen atoms in total. The summed E-state index contributed by atoms with van der Waals surface area (Å²) in [6, 6.07) is 0. The highest BCUT2D eigenvalue weighted by Gasteiger charge is 2.45. The fraction of sp³-hybridized carbons (Fsp3) is 0.647. The molecule has 2 heteroatoms. The third kappa shape index (κ3) is 1.80. The molecule has 0 fully saturated rings. The van der Waals surface area contributed by atoms with Gasteiger partial charge >= 0.3 is 0 Å². The summed E-state index contributed by atoms with van der Waals surface area (Å²) in [5.41, 5.74) is 5.94. The number of benzene rings is 1. The van der Waals surface area contributed by atoms with Crippen molar-refractivity contribution in [1.82, 2.24) is 0 Å². The Bertz CT molecular complexity index is 515. The van der Waals surface area contributed by atoms with E-state index < -0.39 is 0 Å². The van der Waals surface area contributed by atoms with E-state index in [0.29, 0.717) is 24.0 Å². The molecule has 1 aromatic rings. The fourth-order valence-corrected chi connectivity index (χ4v) is 3.72. The van der Waals surface area contributed by atoms with Crippen molar-refractivity contribution in [2.45, 2.75) is 59.8 Å². The van der Waals surface area contributed by atoms with Gasteiger partial charge in [-0.25, -0.2) is 0 Å². The Morgan fingerprint density at radius 2 is 1.53 bits per heavy atom. The van der Waals surface area contributed by atoms with Crippen LogP contribution in [0.1, 0.15) is 67.3 Å². The van der Waals surface area contributed by atoms with Crippen LogP contribution in [0.5, 0.6) is 5.75 Å². The summed E-state index contributed by atoms with van der Waals surface area (Å²) >= 11 is 0. The molecule has 0 bridgehead atoms. The van der Waals surface area contributed by atoms with Gasteiger partial charge in [-0.1, -0.05) is 27.7 Å². The molecule has 0 spiro atoms. The lowest BCUT2D eigenvalue weighted by Gasteiger charge is -2.29. The molecule has 0 aromatic heterocycles. The zero-order valence-corrected chi connectivity index (χ0v) is 13.0. The van der Waals surface area contributed by atoms with E-state index in [2.05, 4.69) is 34.6 Å². The number of rotatable bonds is 2. The predicted molar refractivity (Wildman–Crippen MR) is 79.0 cm³/mol. The third-order valence-corrected chi connectivity index (χ3v) is 5.67. The zero-order chi connectivity index (χ0) is 14.5. The van der Waals surface area contributed by atoms with Gasteiger partial charge in [0.15, 0.2) is 0 Å². The molecule has 2 atom stereocenters. The van der Waals surface area contributed by atoms with E-state index in [1.165, 1.54) is 11.1 Å². The largest absolute Gasteiger partial charge is 0.507 e. The zero-order valence-electron chi connectivity index (χ0n) is 13.0. The number of hydrogen-bond acceptors (Lipinski definition) is 2. The highest BCUT2D eigenvalue weighted by atomic mass is 16.3. The predicted octanol–water partition coefficient (Wildman–Crippen LogP) is 3.79. The molecule has 0 heterocycles. The first kappa shape index (κ1) is 14.4. The lowest BCUT2D eigenvalue weighted by molar-refractivity contribution is 0.277. The van der Waals surface area contributed by atoms with Gasteiger partial charge in [0, 0.05) is 12.2 Å². The monoisotopic (exact) mass is 262 g/mol. The van der Waals surface area contributed by atoms with Crippen molar-refractivity contribution >= 4 is 0 Å². The van der Waals surface area contributed by atoms with Crippen LogP contribution in [-0.4, -0.2) is 16.8 Å². The number of aliphatic hydroxyl groups is 1. The van der Waals surface area contributed by atoms with E-state index in [1.807, 2.05) is 6.92 Å². The highest BCUT2D eigenvalue weighted by Crippen LogP contribution is 2.59. The molecule has 2 unspecified atom stereocenters. The van der Waals surface area contributed by atoms with Gasteiger partial charge in [-0.05, 0) is 59.8 Å². The van der Waals surface area contributed by atoms with Crippen molar-refractivity contribution < 1.29 is 10.2 Å². The summed E-state index contributed by atoms with van der Waals surface area (Å²) in [7, 11) is 0. The van der Waals surface area contributed by atoms with Crippen molar-refractivity contribution in [3.05, 3.63) is 27.8 Å². The third-order valence-electron chi connectivity index (χ3n) is 5.67. The average molecular weight is 262 g/mol. The summed E-state index contributed by atoms with van der Waals surface area (Å²) in [5.74, 6) is 1.24. The SMILES string of the molecule is Cc1c(O)c2c(c(C)c1CCO)C(C)C(C)(C)C2C. The van der Waals surface area contributed by atoms with Gasteiger partial charge in [-0.2, -0.15) is 0 Å². The quantitative estimate of drug-likeness (QED) is 0.851. The molecular formula is C17H26O2. The fourth-order valence-electron chi connectivity index (χ4n) is 3.72. The lowest BCUT2D eigenvalue weighted by Crippen LogP contribution is -2.18. The topological polar surface area (TPSA) is 40.5 Å². The van der Waals surface area contributed by atoms with Crippen molar-refractivity contribution in [2.75, 3.05) is 6.61 Å². The van der Waals surface area contributed by atoms with Crippen LogP contribution in [0.3, 0.4) is 0 Å². The van der Waals surface area contributed by atoms with Gasteiger partial charge in [-0.3, -0.25) is 0 Å². The molecule has 2 N–H and O–H groups in total. The smallest absolute Gasteiger partial charge is 0.122 e. The summed E-state index contributed by atoms with van der Waals surface area (Å²) in [6.07, 6.45) is 0.625. The molecule has 1 aliphatic carbocycles. The van der Waals surface area contributed by atoms with Crippen LogP contribution in [0.2, 0.25) is 0 Å². The van der Waals surface area contributed by atoms with Gasteiger partial charge in [0.2, 0.25) is 0 Å². The van der Waals surface area contributed by atoms with Gasteiger partial charge < -0.3 is 10.2 Å². The second kappa shape index (κ2) is 4.52. The molecular weight excluding hydrogens is 236 g/mol. The maximum atomic E-state index is 10.6. The molecule has 0 aliphatic heterocycles. The first-order valence-corrected chi connectivity index (χ1v) is 7.20. The van der Waals surface area contributed by atoms with E-state index >= 15 is 0 Å². The Morgan fingerprint density at radius 1 is 1.00 bits per heavy atom. The van der Waals surface area contributed by atoms with Crippen LogP contribution < -0.4 is 0 Å². The van der Waals surface area contributed by atoms with E-state index in [4.69, 9.17) is 0 Å². The Hall–Kier alpha value is -1.02. The van der Waals surface area contributed by atoms with Crippen molar-refractivity contribution in [2.24, 2.45) is 5.41 Å². The normalized spacial score (nSPS) is 24.6. The second-order valence-electron chi connectivity index (χ2n) is 6.64. The van der Waals surface area contributed by atoms with Crippen LogP contribution in [0.15, 0.2) is 0 Å². The Balaban J connectivity index is 2.76. The van der Waals surface area contributed by atoms with E-state index in [1.54, 1.807) is 0 Å². The van der Waals surface area contributed by atoms with Crippen LogP contribution >= 0.6 is 0 Å². The maximum Gasteiger partial charge on any atom is 0.122 e. The first-order valence-electron chi connectivity index (χ1n) is 7.20. The summed E-state index contributed by atoms with van der Waals surface area (Å²) in [4.78, 5) is 0. The van der Waals surface area contributed by atoms with Crippen LogP contribution in [0.25, 0.3) is 0 Å². The van der Waals surface area contributed by atoms with Crippen molar-refractivity contribution in [3.8, 4) is 5.75 Å². The van der Waals surface area contributed by atoms with Crippen molar-refractivity contribution in [3.63, 3.8) is 0 Å². The average Bonchev–Trinajstić information content (AvgIpc) is 2.53. The molecule has 0 radical (unpaired) electrons. The standard InChI is InChI=1S/C17H26O2/c1-9-13(7-8-18)10(2)16(19)15-12(4)17(5,6)11(3)14(9)15/h11-12,18-19H,7-8H2,1-6H3. The number of aliphatic hydroxyl groups excluding tert-OH is 1. The second-order valence-corrected chi connectivity index (χ2v) is 6.64. The van der Waals surface area contributed by atoms with E-state index in [-0.39, 0.29) is 12.0 Å². The van der Waals surface area contributed by atoms with Gasteiger partial charge in [-0.15, -0.1) is 0 Å². The van der Waals surface area contributed by atoms with Crippen molar-refractivity contribution in [1.29, 1.82) is 0 Å². The molecule has 0 saturated heterocycles. The van der Waals surface area contributed by atoms with E-state index in [0.717, 1.165) is 16.7 Å². The van der Waals surface area contributed by atoms with E-state index in [9.17, 15) is 10.2 Å². The lowest BCUT2D eigenvalue weighted by atomic mass is 9.75. The summed E-state index contributed by atoms with van der Waals surface area (Å²) < 4.78 is 0. The van der Waals surface area contributed by atoms with Gasteiger partial charge in [0.1, 0.15) is 5.75 Å². The molecule has 1 aliphatic rings.